The molecule has 0 amide bonds. The number of aromatic nitrogens is 5. The topological polar surface area (TPSA) is 91.4 Å². The first-order valence-corrected chi connectivity index (χ1v) is 11.0. The van der Waals surface area contributed by atoms with Crippen molar-refractivity contribution in [1.82, 2.24) is 35.6 Å². The van der Waals surface area contributed by atoms with Gasteiger partial charge in [-0.1, -0.05) is 18.2 Å². The third-order valence-corrected chi connectivity index (χ3v) is 5.51. The van der Waals surface area contributed by atoms with Crippen molar-refractivity contribution < 1.29 is 0 Å². The molecule has 4 heterocycles. The molecule has 0 aliphatic carbocycles. The Bertz CT molecular complexity index is 1360. The van der Waals surface area contributed by atoms with E-state index in [1.807, 2.05) is 43.6 Å². The molecule has 0 bridgehead atoms. The molecule has 0 spiro atoms. The maximum absolute atomic E-state index is 4.98. The fourth-order valence-electron chi connectivity index (χ4n) is 3.83. The minimum absolute atomic E-state index is 0.670. The van der Waals surface area contributed by atoms with Crippen LogP contribution in [0.25, 0.3) is 44.9 Å². The molecular weight excluding hydrogens is 410 g/mol. The minimum Gasteiger partial charge on any atom is -0.346 e. The van der Waals surface area contributed by atoms with Gasteiger partial charge in [-0.15, -0.1) is 0 Å². The Morgan fingerprint density at radius 2 is 1.70 bits per heavy atom. The molecule has 4 aromatic heterocycles. The molecular formula is C26H25N7. The Balaban J connectivity index is 1.59. The van der Waals surface area contributed by atoms with Crippen LogP contribution in [0.2, 0.25) is 0 Å². The predicted octanol–water partition coefficient (Wildman–Crippen LogP) is 4.06. The highest BCUT2D eigenvalue weighted by Gasteiger charge is 2.13. The van der Waals surface area contributed by atoms with Gasteiger partial charge in [0.1, 0.15) is 5.65 Å². The van der Waals surface area contributed by atoms with E-state index in [4.69, 9.17) is 9.97 Å². The van der Waals surface area contributed by atoms with Gasteiger partial charge in [0.2, 0.25) is 0 Å². The van der Waals surface area contributed by atoms with Crippen LogP contribution >= 0.6 is 0 Å². The number of hydrogen-bond acceptors (Lipinski definition) is 6. The molecule has 0 saturated heterocycles. The highest BCUT2D eigenvalue weighted by atomic mass is 14.9. The Labute approximate surface area is 192 Å². The fraction of sp³-hybridized carbons (Fsp3) is 0.154. The molecule has 33 heavy (non-hydrogen) atoms. The third-order valence-electron chi connectivity index (χ3n) is 5.51. The summed E-state index contributed by atoms with van der Waals surface area (Å²) in [7, 11) is 1.96. The van der Waals surface area contributed by atoms with Crippen LogP contribution in [-0.4, -0.2) is 45.1 Å². The van der Waals surface area contributed by atoms with Crippen LogP contribution in [0.15, 0.2) is 79.4 Å². The molecule has 0 radical (unpaired) electrons. The van der Waals surface area contributed by atoms with Gasteiger partial charge in [-0.2, -0.15) is 0 Å². The number of fused-ring (bicyclic) bond motifs is 1. The number of rotatable bonds is 8. The highest BCUT2D eigenvalue weighted by Crippen LogP contribution is 2.30. The van der Waals surface area contributed by atoms with Gasteiger partial charge in [0.15, 0.2) is 5.82 Å². The molecule has 5 rings (SSSR count). The fourth-order valence-corrected chi connectivity index (χ4v) is 3.83. The van der Waals surface area contributed by atoms with Crippen molar-refractivity contribution >= 4 is 11.0 Å². The average Bonchev–Trinajstić information content (AvgIpc) is 3.36. The molecule has 7 nitrogen and oxygen atoms in total. The first kappa shape index (κ1) is 20.9. The second-order valence-electron chi connectivity index (χ2n) is 7.78. The summed E-state index contributed by atoms with van der Waals surface area (Å²) < 4.78 is 0. The summed E-state index contributed by atoms with van der Waals surface area (Å²) in [6, 6.07) is 18.5. The van der Waals surface area contributed by atoms with E-state index in [9.17, 15) is 0 Å². The molecule has 3 N–H and O–H groups in total. The van der Waals surface area contributed by atoms with Gasteiger partial charge in [0.05, 0.1) is 11.4 Å². The smallest absolute Gasteiger partial charge is 0.161 e. The molecule has 7 heteroatoms. The second kappa shape index (κ2) is 9.68. The Morgan fingerprint density at radius 1 is 0.848 bits per heavy atom. The zero-order valence-corrected chi connectivity index (χ0v) is 18.4. The number of H-pyrrole nitrogens is 1. The Kier molecular flexibility index (Phi) is 6.14. The summed E-state index contributed by atoms with van der Waals surface area (Å²) in [5.74, 6) is 0.670. The summed E-state index contributed by atoms with van der Waals surface area (Å²) in [6.07, 6.45) is 7.24. The number of pyridine rings is 2. The van der Waals surface area contributed by atoms with Crippen molar-refractivity contribution in [3.63, 3.8) is 0 Å². The number of aromatic amines is 1. The van der Waals surface area contributed by atoms with Gasteiger partial charge in [-0.3, -0.25) is 4.98 Å². The van der Waals surface area contributed by atoms with E-state index in [1.54, 1.807) is 18.6 Å². The highest BCUT2D eigenvalue weighted by molar-refractivity contribution is 5.91. The van der Waals surface area contributed by atoms with Crippen LogP contribution in [0.1, 0.15) is 5.56 Å². The first-order valence-electron chi connectivity index (χ1n) is 11.0. The van der Waals surface area contributed by atoms with Crippen molar-refractivity contribution in [3.05, 3.63) is 84.9 Å². The van der Waals surface area contributed by atoms with Crippen molar-refractivity contribution in [3.8, 4) is 33.9 Å². The van der Waals surface area contributed by atoms with Gasteiger partial charge in [-0.05, 0) is 49.0 Å². The van der Waals surface area contributed by atoms with Gasteiger partial charge < -0.3 is 15.6 Å². The molecule has 0 aliphatic heterocycles. The number of nitrogens with one attached hydrogen (secondary N) is 3. The molecule has 5 aromatic rings. The largest absolute Gasteiger partial charge is 0.346 e. The Hall–Kier alpha value is -3.94. The molecule has 0 aliphatic rings. The maximum atomic E-state index is 4.98. The van der Waals surface area contributed by atoms with E-state index >= 15 is 0 Å². The van der Waals surface area contributed by atoms with Crippen LogP contribution in [0.5, 0.6) is 0 Å². The van der Waals surface area contributed by atoms with Crippen molar-refractivity contribution in [1.29, 1.82) is 0 Å². The lowest BCUT2D eigenvalue weighted by Crippen LogP contribution is -2.24. The molecule has 0 fully saturated rings. The van der Waals surface area contributed by atoms with Crippen LogP contribution in [-0.2, 0) is 6.54 Å². The van der Waals surface area contributed by atoms with Crippen LogP contribution in [0.3, 0.4) is 0 Å². The van der Waals surface area contributed by atoms with E-state index in [0.29, 0.717) is 5.82 Å². The van der Waals surface area contributed by atoms with Crippen molar-refractivity contribution in [2.75, 3.05) is 20.1 Å². The van der Waals surface area contributed by atoms with E-state index in [0.717, 1.165) is 58.7 Å². The first-order chi connectivity index (χ1) is 16.3. The lowest BCUT2D eigenvalue weighted by molar-refractivity contribution is 0.651. The number of benzene rings is 1. The third kappa shape index (κ3) is 4.64. The maximum Gasteiger partial charge on any atom is 0.161 e. The molecule has 1 aromatic carbocycles. The molecule has 0 saturated carbocycles. The quantitative estimate of drug-likeness (QED) is 0.319. The summed E-state index contributed by atoms with van der Waals surface area (Å²) in [5.41, 5.74) is 6.77. The summed E-state index contributed by atoms with van der Waals surface area (Å²) in [5, 5.41) is 7.61. The van der Waals surface area contributed by atoms with Crippen molar-refractivity contribution in [2.45, 2.75) is 6.54 Å². The van der Waals surface area contributed by atoms with Gasteiger partial charge >= 0.3 is 0 Å². The lowest BCUT2D eigenvalue weighted by Gasteiger charge is -2.11. The zero-order chi connectivity index (χ0) is 22.5. The normalized spacial score (nSPS) is 11.2. The van der Waals surface area contributed by atoms with Crippen LogP contribution < -0.4 is 10.6 Å². The van der Waals surface area contributed by atoms with E-state index in [-0.39, 0.29) is 0 Å². The predicted molar refractivity (Wildman–Crippen MR) is 131 cm³/mol. The minimum atomic E-state index is 0.670. The zero-order valence-electron chi connectivity index (χ0n) is 18.4. The summed E-state index contributed by atoms with van der Waals surface area (Å²) >= 11 is 0. The molecule has 164 valence electrons. The van der Waals surface area contributed by atoms with E-state index in [1.165, 1.54) is 5.56 Å². The molecule has 0 atom stereocenters. The SMILES string of the molecule is CNCCNCc1cccc(-c2cc(-c3ccncc3)nc(-c3ccnc4[nH]ccc34)n2)c1. The molecule has 0 unspecified atom stereocenters. The standard InChI is InChI=1S/C26H25N7/c1-27-13-14-29-17-18-3-2-4-20(15-18)24-16-23(19-5-9-28-10-6-19)32-26(33-24)22-8-12-31-25-21(22)7-11-30-25/h2-12,15-16,27,29H,13-14,17H2,1H3,(H,30,31). The van der Waals surface area contributed by atoms with E-state index in [2.05, 4.69) is 49.9 Å². The lowest BCUT2D eigenvalue weighted by atomic mass is 10.0. The van der Waals surface area contributed by atoms with Crippen LogP contribution in [0.4, 0.5) is 0 Å². The van der Waals surface area contributed by atoms with Crippen molar-refractivity contribution in [2.24, 2.45) is 0 Å². The number of hydrogen-bond donors (Lipinski definition) is 3. The Morgan fingerprint density at radius 3 is 2.55 bits per heavy atom. The average molecular weight is 436 g/mol. The monoisotopic (exact) mass is 435 g/mol. The van der Waals surface area contributed by atoms with Gasteiger partial charge in [0, 0.05) is 66.5 Å². The van der Waals surface area contributed by atoms with Gasteiger partial charge in [-0.25, -0.2) is 15.0 Å². The summed E-state index contributed by atoms with van der Waals surface area (Å²) in [6.45, 7) is 2.65. The second-order valence-corrected chi connectivity index (χ2v) is 7.78. The number of likely N-dealkylation sites (N-methyl/N-ethyl adjacent to an activating group) is 1. The van der Waals surface area contributed by atoms with E-state index < -0.39 is 0 Å². The summed E-state index contributed by atoms with van der Waals surface area (Å²) in [4.78, 5) is 21.6. The van der Waals surface area contributed by atoms with Crippen LogP contribution in [0, 0.1) is 0 Å². The number of nitrogens with zero attached hydrogens (tertiary/aromatic N) is 4. The van der Waals surface area contributed by atoms with Gasteiger partial charge in [0.25, 0.3) is 0 Å².